The maximum atomic E-state index is 10.2. The summed E-state index contributed by atoms with van der Waals surface area (Å²) < 4.78 is 0. The van der Waals surface area contributed by atoms with Crippen molar-refractivity contribution in [2.24, 2.45) is 17.8 Å². The van der Waals surface area contributed by atoms with Crippen LogP contribution in [0.1, 0.15) is 40.0 Å². The summed E-state index contributed by atoms with van der Waals surface area (Å²) in [7, 11) is 0. The quantitative estimate of drug-likeness (QED) is 0.614. The van der Waals surface area contributed by atoms with Crippen LogP contribution in [-0.4, -0.2) is 10.7 Å². The van der Waals surface area contributed by atoms with E-state index in [4.69, 9.17) is 6.42 Å². The Morgan fingerprint density at radius 2 is 2.08 bits per heavy atom. The van der Waals surface area contributed by atoms with Gasteiger partial charge in [0.2, 0.25) is 0 Å². The van der Waals surface area contributed by atoms with Crippen LogP contribution in [0.5, 0.6) is 0 Å². The Morgan fingerprint density at radius 1 is 1.46 bits per heavy atom. The number of rotatable bonds is 1. The standard InChI is InChI=1S/C12H20O/c1-5-12(13)8-10(4)6-7-11(12)9(2)3/h1,9-11,13H,6-8H2,2-4H3/t10-,11?,12-/m0/s1. The summed E-state index contributed by atoms with van der Waals surface area (Å²) in [5.74, 6) is 3.93. The Labute approximate surface area is 81.5 Å². The van der Waals surface area contributed by atoms with E-state index in [9.17, 15) is 5.11 Å². The lowest BCUT2D eigenvalue weighted by molar-refractivity contribution is -0.0325. The predicted octanol–water partition coefficient (Wildman–Crippen LogP) is 2.44. The van der Waals surface area contributed by atoms with Gasteiger partial charge in [0.15, 0.2) is 0 Å². The monoisotopic (exact) mass is 180 g/mol. The third-order valence-corrected chi connectivity index (χ3v) is 3.30. The van der Waals surface area contributed by atoms with Gasteiger partial charge >= 0.3 is 0 Å². The number of hydrogen-bond acceptors (Lipinski definition) is 1. The SMILES string of the molecule is C#C[C@]1(O)C[C@@H](C)CCC1C(C)C. The van der Waals surface area contributed by atoms with E-state index in [-0.39, 0.29) is 5.92 Å². The van der Waals surface area contributed by atoms with Gasteiger partial charge in [0.25, 0.3) is 0 Å². The minimum absolute atomic E-state index is 0.286. The third kappa shape index (κ3) is 2.06. The molecule has 0 radical (unpaired) electrons. The van der Waals surface area contributed by atoms with Crippen LogP contribution in [0.3, 0.4) is 0 Å². The van der Waals surface area contributed by atoms with Gasteiger partial charge < -0.3 is 5.11 Å². The molecule has 1 rings (SSSR count). The highest BCUT2D eigenvalue weighted by Gasteiger charge is 2.41. The maximum absolute atomic E-state index is 10.2. The zero-order chi connectivity index (χ0) is 10.1. The van der Waals surface area contributed by atoms with Gasteiger partial charge in [-0.15, -0.1) is 6.42 Å². The second-order valence-electron chi connectivity index (χ2n) is 4.81. The highest BCUT2D eigenvalue weighted by molar-refractivity contribution is 5.13. The predicted molar refractivity (Wildman–Crippen MR) is 55.1 cm³/mol. The molecule has 0 bridgehead atoms. The molecule has 0 aromatic carbocycles. The van der Waals surface area contributed by atoms with Crippen molar-refractivity contribution in [3.63, 3.8) is 0 Å². The Bertz CT molecular complexity index is 214. The Morgan fingerprint density at radius 3 is 2.54 bits per heavy atom. The average Bonchev–Trinajstić information content (AvgIpc) is 2.03. The van der Waals surface area contributed by atoms with Gasteiger partial charge in [-0.25, -0.2) is 0 Å². The van der Waals surface area contributed by atoms with Gasteiger partial charge in [-0.05, 0) is 24.7 Å². The van der Waals surface area contributed by atoms with Crippen molar-refractivity contribution in [1.82, 2.24) is 0 Å². The van der Waals surface area contributed by atoms with E-state index in [0.29, 0.717) is 11.8 Å². The molecule has 1 heteroatoms. The Balaban J connectivity index is 2.80. The normalized spacial score (nSPS) is 40.3. The molecule has 74 valence electrons. The van der Waals surface area contributed by atoms with Crippen molar-refractivity contribution >= 4 is 0 Å². The fraction of sp³-hybridized carbons (Fsp3) is 0.833. The first-order chi connectivity index (χ1) is 5.99. The van der Waals surface area contributed by atoms with Crippen LogP contribution in [0.25, 0.3) is 0 Å². The van der Waals surface area contributed by atoms with Crippen molar-refractivity contribution < 1.29 is 5.11 Å². The molecule has 13 heavy (non-hydrogen) atoms. The Hall–Kier alpha value is -0.480. The van der Waals surface area contributed by atoms with Gasteiger partial charge in [0.1, 0.15) is 5.60 Å². The molecule has 0 spiro atoms. The van der Waals surface area contributed by atoms with Gasteiger partial charge in [0, 0.05) is 5.92 Å². The van der Waals surface area contributed by atoms with E-state index in [2.05, 4.69) is 26.7 Å². The molecule has 1 aliphatic carbocycles. The number of aliphatic hydroxyl groups is 1. The zero-order valence-electron chi connectivity index (χ0n) is 8.88. The van der Waals surface area contributed by atoms with Crippen molar-refractivity contribution in [2.45, 2.75) is 45.6 Å². The summed E-state index contributed by atoms with van der Waals surface area (Å²) >= 11 is 0. The van der Waals surface area contributed by atoms with Crippen LogP contribution < -0.4 is 0 Å². The zero-order valence-corrected chi connectivity index (χ0v) is 8.88. The highest BCUT2D eigenvalue weighted by atomic mass is 16.3. The second-order valence-corrected chi connectivity index (χ2v) is 4.81. The fourth-order valence-electron chi connectivity index (χ4n) is 2.54. The smallest absolute Gasteiger partial charge is 0.128 e. The fourth-order valence-corrected chi connectivity index (χ4v) is 2.54. The molecule has 1 saturated carbocycles. The lowest BCUT2D eigenvalue weighted by Gasteiger charge is -2.41. The molecular formula is C12H20O. The lowest BCUT2D eigenvalue weighted by atomic mass is 9.67. The third-order valence-electron chi connectivity index (χ3n) is 3.30. The van der Waals surface area contributed by atoms with E-state index < -0.39 is 5.60 Å². The lowest BCUT2D eigenvalue weighted by Crippen LogP contribution is -2.44. The summed E-state index contributed by atoms with van der Waals surface area (Å²) in [6.07, 6.45) is 8.47. The van der Waals surface area contributed by atoms with E-state index in [0.717, 1.165) is 12.8 Å². The summed E-state index contributed by atoms with van der Waals surface area (Å²) in [6, 6.07) is 0. The van der Waals surface area contributed by atoms with Gasteiger partial charge in [-0.3, -0.25) is 0 Å². The molecule has 0 amide bonds. The first kappa shape index (κ1) is 10.6. The van der Waals surface area contributed by atoms with Crippen LogP contribution in [0, 0.1) is 30.1 Å². The van der Waals surface area contributed by atoms with E-state index in [1.165, 1.54) is 6.42 Å². The van der Waals surface area contributed by atoms with Crippen LogP contribution in [0.15, 0.2) is 0 Å². The van der Waals surface area contributed by atoms with Crippen molar-refractivity contribution in [1.29, 1.82) is 0 Å². The molecule has 0 aliphatic heterocycles. The second kappa shape index (κ2) is 3.72. The molecule has 0 aromatic heterocycles. The van der Waals surface area contributed by atoms with Crippen LogP contribution >= 0.6 is 0 Å². The minimum atomic E-state index is -0.841. The first-order valence-corrected chi connectivity index (χ1v) is 5.19. The molecule has 1 fully saturated rings. The summed E-state index contributed by atoms with van der Waals surface area (Å²) in [6.45, 7) is 6.45. The van der Waals surface area contributed by atoms with E-state index >= 15 is 0 Å². The van der Waals surface area contributed by atoms with Crippen LogP contribution in [0.4, 0.5) is 0 Å². The molecule has 0 saturated heterocycles. The van der Waals surface area contributed by atoms with Crippen LogP contribution in [0.2, 0.25) is 0 Å². The highest BCUT2D eigenvalue weighted by Crippen LogP contribution is 2.40. The van der Waals surface area contributed by atoms with Gasteiger partial charge in [0.05, 0.1) is 0 Å². The topological polar surface area (TPSA) is 20.2 Å². The molecule has 0 aromatic rings. The average molecular weight is 180 g/mol. The number of hydrogen-bond donors (Lipinski definition) is 1. The van der Waals surface area contributed by atoms with Gasteiger partial charge in [-0.2, -0.15) is 0 Å². The maximum Gasteiger partial charge on any atom is 0.128 e. The molecule has 3 atom stereocenters. The summed E-state index contributed by atoms with van der Waals surface area (Å²) in [5, 5.41) is 10.2. The molecular weight excluding hydrogens is 160 g/mol. The van der Waals surface area contributed by atoms with E-state index in [1.54, 1.807) is 0 Å². The molecule has 1 nitrogen and oxygen atoms in total. The summed E-state index contributed by atoms with van der Waals surface area (Å²) in [5.41, 5.74) is -0.841. The Kier molecular flexibility index (Phi) is 3.03. The largest absolute Gasteiger partial charge is 0.377 e. The molecule has 1 N–H and O–H groups in total. The van der Waals surface area contributed by atoms with Gasteiger partial charge in [-0.1, -0.05) is 33.1 Å². The van der Waals surface area contributed by atoms with Crippen molar-refractivity contribution in [2.75, 3.05) is 0 Å². The van der Waals surface area contributed by atoms with Crippen molar-refractivity contribution in [3.8, 4) is 12.3 Å². The number of terminal acetylenes is 1. The first-order valence-electron chi connectivity index (χ1n) is 5.19. The molecule has 1 aliphatic rings. The minimum Gasteiger partial charge on any atom is -0.377 e. The van der Waals surface area contributed by atoms with Crippen molar-refractivity contribution in [3.05, 3.63) is 0 Å². The molecule has 0 heterocycles. The van der Waals surface area contributed by atoms with E-state index in [1.807, 2.05) is 0 Å². The van der Waals surface area contributed by atoms with Crippen LogP contribution in [-0.2, 0) is 0 Å². The molecule has 1 unspecified atom stereocenters. The summed E-state index contributed by atoms with van der Waals surface area (Å²) in [4.78, 5) is 0.